The van der Waals surface area contributed by atoms with E-state index < -0.39 is 6.10 Å². The highest BCUT2D eigenvalue weighted by Gasteiger charge is 2.22. The maximum absolute atomic E-state index is 10.2. The standard InChI is InChI=1S/C15H24N2O.C14H23N3O/c1-13(2)17-10-8-16(9-11-17)12-15(18)14-6-4-3-5-7-14;1-12(2)17-9-7-16(8-10-17)11-14(18)13-5-3-4-6-15-13/h3-7,13,15,18H,8-12H2,1-2H3;3-6,12,14,18H,7-11H2,1-2H3. The maximum Gasteiger partial charge on any atom is 0.109 e. The molecule has 0 saturated carbocycles. The van der Waals surface area contributed by atoms with Crippen LogP contribution in [0.25, 0.3) is 0 Å². The molecule has 3 heterocycles. The van der Waals surface area contributed by atoms with Crippen LogP contribution in [0.3, 0.4) is 0 Å². The molecule has 7 nitrogen and oxygen atoms in total. The van der Waals surface area contributed by atoms with E-state index in [4.69, 9.17) is 0 Å². The van der Waals surface area contributed by atoms with E-state index in [1.54, 1.807) is 6.20 Å². The molecule has 2 N–H and O–H groups in total. The van der Waals surface area contributed by atoms with Crippen LogP contribution in [0.2, 0.25) is 0 Å². The maximum atomic E-state index is 10.2. The molecule has 2 saturated heterocycles. The van der Waals surface area contributed by atoms with E-state index in [9.17, 15) is 10.2 Å². The van der Waals surface area contributed by atoms with Crippen LogP contribution in [0.4, 0.5) is 0 Å². The molecule has 2 aromatic rings. The molecule has 0 radical (unpaired) electrons. The van der Waals surface area contributed by atoms with E-state index in [-0.39, 0.29) is 6.10 Å². The van der Waals surface area contributed by atoms with E-state index in [1.165, 1.54) is 0 Å². The number of hydrogen-bond acceptors (Lipinski definition) is 7. The van der Waals surface area contributed by atoms with Crippen LogP contribution in [0.1, 0.15) is 51.2 Å². The van der Waals surface area contributed by atoms with Crippen molar-refractivity contribution in [1.82, 2.24) is 24.6 Å². The highest BCUT2D eigenvalue weighted by atomic mass is 16.3. The Bertz CT molecular complexity index is 764. The predicted molar refractivity (Wildman–Crippen MR) is 147 cm³/mol. The van der Waals surface area contributed by atoms with Gasteiger partial charge in [-0.1, -0.05) is 36.4 Å². The number of aromatic nitrogens is 1. The minimum atomic E-state index is -0.475. The predicted octanol–water partition coefficient (Wildman–Crippen LogP) is 2.89. The number of aliphatic hydroxyl groups excluding tert-OH is 2. The number of nitrogens with zero attached hydrogens (tertiary/aromatic N) is 5. The molecule has 1 aromatic heterocycles. The Morgan fingerprint density at radius 3 is 1.56 bits per heavy atom. The van der Waals surface area contributed by atoms with Crippen LogP contribution in [-0.2, 0) is 0 Å². The number of piperazine rings is 2. The Morgan fingerprint density at radius 1 is 0.639 bits per heavy atom. The first kappa shape index (κ1) is 28.7. The fourth-order valence-electron chi connectivity index (χ4n) is 4.86. The molecule has 0 aliphatic carbocycles. The van der Waals surface area contributed by atoms with Crippen molar-refractivity contribution >= 4 is 0 Å². The van der Waals surface area contributed by atoms with Gasteiger partial charge in [0.1, 0.15) is 6.10 Å². The van der Waals surface area contributed by atoms with Crippen LogP contribution >= 0.6 is 0 Å². The van der Waals surface area contributed by atoms with Crippen LogP contribution in [0.15, 0.2) is 54.7 Å². The first-order valence-electron chi connectivity index (χ1n) is 13.6. The van der Waals surface area contributed by atoms with Crippen molar-refractivity contribution in [3.05, 3.63) is 66.0 Å². The number of benzene rings is 1. The van der Waals surface area contributed by atoms with Gasteiger partial charge in [0, 0.05) is 83.7 Å². The van der Waals surface area contributed by atoms with E-state index >= 15 is 0 Å². The Hall–Kier alpha value is -1.87. The molecular formula is C29H47N5O2. The molecule has 2 fully saturated rings. The lowest BCUT2D eigenvalue weighted by atomic mass is 10.1. The second-order valence-electron chi connectivity index (χ2n) is 10.6. The lowest BCUT2D eigenvalue weighted by Crippen LogP contribution is -2.49. The van der Waals surface area contributed by atoms with Crippen LogP contribution in [0.5, 0.6) is 0 Å². The van der Waals surface area contributed by atoms with Crippen molar-refractivity contribution in [3.63, 3.8) is 0 Å². The third-order valence-corrected chi connectivity index (χ3v) is 7.35. The van der Waals surface area contributed by atoms with Gasteiger partial charge in [0.2, 0.25) is 0 Å². The summed E-state index contributed by atoms with van der Waals surface area (Å²) in [5.74, 6) is 0. The van der Waals surface area contributed by atoms with Crippen molar-refractivity contribution in [2.24, 2.45) is 0 Å². The normalized spacial score (nSPS) is 20.2. The number of β-amino-alcohol motifs (C(OH)–C–C–N with tert-alkyl or cyclic N) is 2. The summed E-state index contributed by atoms with van der Waals surface area (Å²) in [4.78, 5) is 13.8. The molecule has 2 unspecified atom stereocenters. The second kappa shape index (κ2) is 14.8. The van der Waals surface area contributed by atoms with Crippen molar-refractivity contribution in [2.45, 2.75) is 52.0 Å². The Morgan fingerprint density at radius 2 is 1.11 bits per heavy atom. The molecule has 2 aliphatic rings. The van der Waals surface area contributed by atoms with Gasteiger partial charge in [0.05, 0.1) is 11.8 Å². The molecule has 36 heavy (non-hydrogen) atoms. The van der Waals surface area contributed by atoms with Crippen molar-refractivity contribution in [1.29, 1.82) is 0 Å². The van der Waals surface area contributed by atoms with Crippen molar-refractivity contribution in [2.75, 3.05) is 65.4 Å². The van der Waals surface area contributed by atoms with Gasteiger partial charge in [-0.25, -0.2) is 0 Å². The van der Waals surface area contributed by atoms with E-state index in [0.717, 1.165) is 70.2 Å². The zero-order valence-corrected chi connectivity index (χ0v) is 22.7. The molecule has 7 heteroatoms. The summed E-state index contributed by atoms with van der Waals surface area (Å²) in [6.45, 7) is 19.0. The van der Waals surface area contributed by atoms with Crippen LogP contribution in [0, 0.1) is 0 Å². The quantitative estimate of drug-likeness (QED) is 0.581. The zero-order valence-electron chi connectivity index (χ0n) is 22.7. The van der Waals surface area contributed by atoms with Gasteiger partial charge < -0.3 is 10.2 Å². The molecule has 200 valence electrons. The molecule has 0 spiro atoms. The highest BCUT2D eigenvalue weighted by molar-refractivity contribution is 5.17. The van der Waals surface area contributed by atoms with Crippen LogP contribution in [-0.4, -0.2) is 112 Å². The van der Waals surface area contributed by atoms with Crippen LogP contribution < -0.4 is 0 Å². The monoisotopic (exact) mass is 497 g/mol. The summed E-state index contributed by atoms with van der Waals surface area (Å²) < 4.78 is 0. The average molecular weight is 498 g/mol. The smallest absolute Gasteiger partial charge is 0.109 e. The number of rotatable bonds is 8. The van der Waals surface area contributed by atoms with Gasteiger partial charge in [0.15, 0.2) is 0 Å². The van der Waals surface area contributed by atoms with Crippen molar-refractivity contribution < 1.29 is 10.2 Å². The lowest BCUT2D eigenvalue weighted by Gasteiger charge is -2.37. The van der Waals surface area contributed by atoms with E-state index in [1.807, 2.05) is 48.5 Å². The first-order chi connectivity index (χ1) is 17.3. The zero-order chi connectivity index (χ0) is 25.9. The van der Waals surface area contributed by atoms with Gasteiger partial charge in [-0.05, 0) is 45.4 Å². The molecule has 2 atom stereocenters. The van der Waals surface area contributed by atoms with Gasteiger partial charge in [-0.3, -0.25) is 24.6 Å². The largest absolute Gasteiger partial charge is 0.387 e. The number of hydrogen-bond donors (Lipinski definition) is 2. The minimum absolute atomic E-state index is 0.364. The van der Waals surface area contributed by atoms with Crippen molar-refractivity contribution in [3.8, 4) is 0 Å². The molecule has 1 aromatic carbocycles. The van der Waals surface area contributed by atoms with E-state index in [2.05, 4.69) is 52.3 Å². The Labute approximate surface area is 218 Å². The van der Waals surface area contributed by atoms with E-state index in [0.29, 0.717) is 18.6 Å². The Balaban J connectivity index is 0.000000201. The fourth-order valence-corrected chi connectivity index (χ4v) is 4.86. The number of aliphatic hydroxyl groups is 2. The summed E-state index contributed by atoms with van der Waals surface area (Å²) in [6.07, 6.45) is 0.892. The highest BCUT2D eigenvalue weighted by Crippen LogP contribution is 2.16. The van der Waals surface area contributed by atoms with Gasteiger partial charge in [-0.15, -0.1) is 0 Å². The summed E-state index contributed by atoms with van der Waals surface area (Å²) in [7, 11) is 0. The topological polar surface area (TPSA) is 66.3 Å². The molecule has 0 amide bonds. The second-order valence-corrected chi connectivity index (χ2v) is 10.6. The molecular weight excluding hydrogens is 450 g/mol. The van der Waals surface area contributed by atoms with Gasteiger partial charge in [-0.2, -0.15) is 0 Å². The molecule has 0 bridgehead atoms. The summed E-state index contributed by atoms with van der Waals surface area (Å²) in [5.41, 5.74) is 1.78. The SMILES string of the molecule is CC(C)N1CCN(CC(O)c2ccccc2)CC1.CC(C)N1CCN(CC(O)c2ccccn2)CC1. The molecule has 4 rings (SSSR count). The van der Waals surface area contributed by atoms with Gasteiger partial charge in [0.25, 0.3) is 0 Å². The third kappa shape index (κ3) is 9.21. The average Bonchev–Trinajstić information content (AvgIpc) is 2.90. The summed E-state index contributed by atoms with van der Waals surface area (Å²) >= 11 is 0. The summed E-state index contributed by atoms with van der Waals surface area (Å²) in [5, 5.41) is 20.3. The lowest BCUT2D eigenvalue weighted by molar-refractivity contribution is 0.0605. The fraction of sp³-hybridized carbons (Fsp3) is 0.621. The van der Waals surface area contributed by atoms with Gasteiger partial charge >= 0.3 is 0 Å². The number of pyridine rings is 1. The summed E-state index contributed by atoms with van der Waals surface area (Å²) in [6, 6.07) is 16.9. The molecule has 2 aliphatic heterocycles. The minimum Gasteiger partial charge on any atom is -0.387 e. The third-order valence-electron chi connectivity index (χ3n) is 7.35. The first-order valence-corrected chi connectivity index (χ1v) is 13.6. The Kier molecular flexibility index (Phi) is 11.8.